The third-order valence-corrected chi connectivity index (χ3v) is 4.90. The van der Waals surface area contributed by atoms with E-state index in [0.717, 1.165) is 11.5 Å². The van der Waals surface area contributed by atoms with Crippen LogP contribution in [0.1, 0.15) is 11.1 Å². The van der Waals surface area contributed by atoms with E-state index in [1.165, 1.54) is 18.7 Å². The summed E-state index contributed by atoms with van der Waals surface area (Å²) in [6.07, 6.45) is 2.83. The van der Waals surface area contributed by atoms with Gasteiger partial charge in [0.1, 0.15) is 11.5 Å². The van der Waals surface area contributed by atoms with Gasteiger partial charge < -0.3 is 19.5 Å². The molecule has 0 heterocycles. The molecule has 29 heavy (non-hydrogen) atoms. The number of hydrogen-bond acceptors (Lipinski definition) is 6. The summed E-state index contributed by atoms with van der Waals surface area (Å²) in [6.45, 7) is 0.207. The topological polar surface area (TPSA) is 73.9 Å². The van der Waals surface area contributed by atoms with Crippen molar-refractivity contribution in [3.05, 3.63) is 65.7 Å². The number of nitrogens with one attached hydrogen (secondary N) is 1. The third kappa shape index (κ3) is 8.31. The molecule has 0 saturated heterocycles. The fourth-order valence-electron chi connectivity index (χ4n) is 2.38. The molecule has 0 unspecified atom stereocenters. The fraction of sp³-hybridized carbons (Fsp3) is 0.273. The van der Waals surface area contributed by atoms with Crippen LogP contribution in [0.2, 0.25) is 0 Å². The average Bonchev–Trinajstić information content (AvgIpc) is 2.76. The van der Waals surface area contributed by atoms with Crippen molar-refractivity contribution < 1.29 is 23.8 Å². The minimum absolute atomic E-state index is 0.313. The molecule has 154 valence electrons. The molecule has 0 saturated carbocycles. The Kier molecular flexibility index (Phi) is 9.65. The number of amides is 1. The molecule has 1 N–H and O–H groups in total. The van der Waals surface area contributed by atoms with Crippen LogP contribution in [0, 0.1) is 0 Å². The number of hydrogen-bond donors (Lipinski definition) is 1. The summed E-state index contributed by atoms with van der Waals surface area (Å²) in [4.78, 5) is 23.6. The van der Waals surface area contributed by atoms with Crippen LogP contribution in [0.25, 0.3) is 6.08 Å². The molecule has 0 aliphatic carbocycles. The summed E-state index contributed by atoms with van der Waals surface area (Å²) in [5, 5.41) is 2.73. The van der Waals surface area contributed by atoms with E-state index >= 15 is 0 Å². The van der Waals surface area contributed by atoms with E-state index in [4.69, 9.17) is 14.2 Å². The van der Waals surface area contributed by atoms with Crippen molar-refractivity contribution in [2.45, 2.75) is 5.75 Å². The molecular weight excluding hydrogens is 390 g/mol. The van der Waals surface area contributed by atoms with Gasteiger partial charge in [0.05, 0.1) is 14.2 Å². The van der Waals surface area contributed by atoms with Gasteiger partial charge in [-0.15, -0.1) is 0 Å². The van der Waals surface area contributed by atoms with Crippen LogP contribution < -0.4 is 14.8 Å². The fourth-order valence-corrected chi connectivity index (χ4v) is 3.20. The lowest BCUT2D eigenvalue weighted by molar-refractivity contribution is -0.143. The van der Waals surface area contributed by atoms with Crippen molar-refractivity contribution in [2.24, 2.45) is 0 Å². The van der Waals surface area contributed by atoms with Gasteiger partial charge in [0.25, 0.3) is 5.91 Å². The van der Waals surface area contributed by atoms with E-state index in [0.29, 0.717) is 23.6 Å². The normalized spacial score (nSPS) is 10.6. The summed E-state index contributed by atoms with van der Waals surface area (Å²) in [6, 6.07) is 15.4. The Labute approximate surface area is 175 Å². The molecule has 0 spiro atoms. The second kappa shape index (κ2) is 12.5. The molecule has 7 heteroatoms. The molecule has 2 rings (SSSR count). The van der Waals surface area contributed by atoms with E-state index in [1.54, 1.807) is 43.1 Å². The molecule has 0 fully saturated rings. The van der Waals surface area contributed by atoms with Gasteiger partial charge in [-0.1, -0.05) is 30.3 Å². The van der Waals surface area contributed by atoms with Gasteiger partial charge in [0, 0.05) is 35.8 Å². The number of carbonyl (C=O) groups is 2. The second-order valence-electron chi connectivity index (χ2n) is 5.94. The summed E-state index contributed by atoms with van der Waals surface area (Å²) >= 11 is 1.73. The number of thioether (sulfide) groups is 1. The van der Waals surface area contributed by atoms with Gasteiger partial charge in [-0.25, -0.2) is 4.79 Å². The largest absolute Gasteiger partial charge is 0.497 e. The monoisotopic (exact) mass is 415 g/mol. The number of rotatable bonds is 11. The van der Waals surface area contributed by atoms with Crippen LogP contribution >= 0.6 is 11.8 Å². The molecule has 0 radical (unpaired) electrons. The second-order valence-corrected chi connectivity index (χ2v) is 7.04. The lowest BCUT2D eigenvalue weighted by Crippen LogP contribution is -2.30. The SMILES string of the molecule is COc1ccc(/C=C/C(=O)OCC(=O)NCCSCc2ccccc2)c(OC)c1. The van der Waals surface area contributed by atoms with Crippen molar-refractivity contribution in [1.82, 2.24) is 5.32 Å². The molecule has 0 atom stereocenters. The Bertz CT molecular complexity index is 823. The van der Waals surface area contributed by atoms with Crippen molar-refractivity contribution in [3.8, 4) is 11.5 Å². The third-order valence-electron chi connectivity index (χ3n) is 3.87. The molecular formula is C22H25NO5S. The van der Waals surface area contributed by atoms with E-state index in [9.17, 15) is 9.59 Å². The zero-order chi connectivity index (χ0) is 20.9. The molecule has 0 bridgehead atoms. The summed E-state index contributed by atoms with van der Waals surface area (Å²) in [7, 11) is 3.10. The predicted molar refractivity (Wildman–Crippen MR) is 115 cm³/mol. The molecule has 1 amide bonds. The minimum Gasteiger partial charge on any atom is -0.497 e. The Hall–Kier alpha value is -2.93. The predicted octanol–water partition coefficient (Wildman–Crippen LogP) is 3.31. The van der Waals surface area contributed by atoms with E-state index in [-0.39, 0.29) is 12.5 Å². The van der Waals surface area contributed by atoms with Gasteiger partial charge in [-0.05, 0) is 23.8 Å². The van der Waals surface area contributed by atoms with Crippen molar-refractivity contribution in [2.75, 3.05) is 33.1 Å². The number of ether oxygens (including phenoxy) is 3. The molecule has 2 aromatic carbocycles. The van der Waals surface area contributed by atoms with E-state index in [1.807, 2.05) is 18.2 Å². The first kappa shape index (κ1) is 22.4. The summed E-state index contributed by atoms with van der Waals surface area (Å²) in [5.74, 6) is 1.97. The lowest BCUT2D eigenvalue weighted by atomic mass is 10.2. The molecule has 2 aromatic rings. The number of methoxy groups -OCH3 is 2. The van der Waals surface area contributed by atoms with Crippen LogP contribution in [0.15, 0.2) is 54.6 Å². The van der Waals surface area contributed by atoms with Gasteiger partial charge in [-0.3, -0.25) is 4.79 Å². The first-order chi connectivity index (χ1) is 14.1. The highest BCUT2D eigenvalue weighted by Gasteiger charge is 2.06. The van der Waals surface area contributed by atoms with Crippen LogP contribution in [-0.4, -0.2) is 45.0 Å². The van der Waals surface area contributed by atoms with Crippen LogP contribution in [0.5, 0.6) is 11.5 Å². The minimum atomic E-state index is -0.600. The number of benzene rings is 2. The van der Waals surface area contributed by atoms with Crippen molar-refractivity contribution >= 4 is 29.7 Å². The van der Waals surface area contributed by atoms with E-state index < -0.39 is 5.97 Å². The first-order valence-electron chi connectivity index (χ1n) is 9.07. The van der Waals surface area contributed by atoms with Gasteiger partial charge in [0.2, 0.25) is 0 Å². The first-order valence-corrected chi connectivity index (χ1v) is 10.2. The van der Waals surface area contributed by atoms with Gasteiger partial charge in [0.15, 0.2) is 6.61 Å². The summed E-state index contributed by atoms with van der Waals surface area (Å²) in [5.41, 5.74) is 1.95. The Morgan fingerprint density at radius 1 is 1.07 bits per heavy atom. The molecule has 6 nitrogen and oxygen atoms in total. The lowest BCUT2D eigenvalue weighted by Gasteiger charge is -2.07. The molecule has 0 aliphatic rings. The standard InChI is InChI=1S/C22H25NO5S/c1-26-19-10-8-18(20(14-19)27-2)9-11-22(25)28-15-21(24)23-12-13-29-16-17-6-4-3-5-7-17/h3-11,14H,12-13,15-16H2,1-2H3,(H,23,24)/b11-9+. The van der Waals surface area contributed by atoms with Crippen molar-refractivity contribution in [1.29, 1.82) is 0 Å². The zero-order valence-corrected chi connectivity index (χ0v) is 17.4. The average molecular weight is 416 g/mol. The highest BCUT2D eigenvalue weighted by Crippen LogP contribution is 2.25. The van der Waals surface area contributed by atoms with Crippen LogP contribution in [0.3, 0.4) is 0 Å². The maximum Gasteiger partial charge on any atom is 0.331 e. The van der Waals surface area contributed by atoms with E-state index in [2.05, 4.69) is 17.4 Å². The van der Waals surface area contributed by atoms with Crippen molar-refractivity contribution in [3.63, 3.8) is 0 Å². The zero-order valence-electron chi connectivity index (χ0n) is 16.6. The number of esters is 1. The maximum absolute atomic E-state index is 11.8. The molecule has 0 aromatic heterocycles. The Morgan fingerprint density at radius 3 is 2.59 bits per heavy atom. The highest BCUT2D eigenvalue weighted by atomic mass is 32.2. The molecule has 0 aliphatic heterocycles. The maximum atomic E-state index is 11.8. The Balaban J connectivity index is 1.65. The summed E-state index contributed by atoms with van der Waals surface area (Å²) < 4.78 is 15.4. The van der Waals surface area contributed by atoms with Gasteiger partial charge >= 0.3 is 5.97 Å². The quantitative estimate of drug-likeness (QED) is 0.345. The van der Waals surface area contributed by atoms with Gasteiger partial charge in [-0.2, -0.15) is 11.8 Å². The smallest absolute Gasteiger partial charge is 0.331 e. The highest BCUT2D eigenvalue weighted by molar-refractivity contribution is 7.98. The van der Waals surface area contributed by atoms with Crippen LogP contribution in [-0.2, 0) is 20.1 Å². The number of carbonyl (C=O) groups excluding carboxylic acids is 2. The Morgan fingerprint density at radius 2 is 1.86 bits per heavy atom. The van der Waals surface area contributed by atoms with Crippen LogP contribution in [0.4, 0.5) is 0 Å².